The van der Waals surface area contributed by atoms with E-state index >= 15 is 0 Å². The topological polar surface area (TPSA) is 213 Å². The molecule has 14 heteroatoms. The molecule has 3 rings (SSSR count). The van der Waals surface area contributed by atoms with E-state index in [0.717, 1.165) is 108 Å². The van der Waals surface area contributed by atoms with Crippen LogP contribution in [0.1, 0.15) is 208 Å². The molecule has 0 saturated carbocycles. The van der Waals surface area contributed by atoms with Crippen LogP contribution in [0, 0.1) is 0 Å². The maximum absolute atomic E-state index is 9.91. The van der Waals surface area contributed by atoms with Gasteiger partial charge in [-0.25, -0.2) is 0 Å². The Balaban J connectivity index is 0. The minimum absolute atomic E-state index is 0.328. The van der Waals surface area contributed by atoms with Crippen molar-refractivity contribution < 1.29 is 29.5 Å². The Bertz CT molecular complexity index is 1420. The molecule has 3 atom stereocenters. The number of para-hydroxylation sites is 3. The zero-order valence-corrected chi connectivity index (χ0v) is 54.7. The Morgan fingerprint density at radius 2 is 0.500 bits per heavy atom. The summed E-state index contributed by atoms with van der Waals surface area (Å²) in [5.41, 5.74) is 11.0. The predicted octanol–water partition coefficient (Wildman–Crippen LogP) is 12.3. The number of rotatable bonds is 54. The summed E-state index contributed by atoms with van der Waals surface area (Å²) in [6.45, 7) is 24.9. The van der Waals surface area contributed by atoms with Crippen LogP contribution in [0.2, 0.25) is 0 Å². The van der Waals surface area contributed by atoms with Crippen LogP contribution in [-0.2, 0) is 0 Å². The molecule has 0 aliphatic heterocycles. The van der Waals surface area contributed by atoms with Crippen LogP contribution in [0.15, 0.2) is 91.0 Å². The third-order valence-electron chi connectivity index (χ3n) is 13.1. The van der Waals surface area contributed by atoms with Crippen LogP contribution in [0.5, 0.6) is 17.2 Å². The van der Waals surface area contributed by atoms with Crippen molar-refractivity contribution >= 4 is 0 Å². The van der Waals surface area contributed by atoms with Gasteiger partial charge in [0.15, 0.2) is 0 Å². The SMILES string of the molecule is CCC.CCC.CCCCCCCNCCCCCCNCC(O)COc1ccccc1.NCCCCCCNCCCCCCNCC(O)COc1ccccc1.NCCCCCCNCCCCCCNCC(O)COc1ccccc1. The number of aliphatic hydroxyl groups excluding tert-OH is 3. The first-order chi connectivity index (χ1) is 41.3. The van der Waals surface area contributed by atoms with E-state index in [1.54, 1.807) is 0 Å². The lowest BCUT2D eigenvalue weighted by Gasteiger charge is -2.13. The quantitative estimate of drug-likeness (QED) is 0.0238. The minimum Gasteiger partial charge on any atom is -0.491 e. The van der Waals surface area contributed by atoms with Crippen LogP contribution in [-0.4, -0.2) is 145 Å². The number of aliphatic hydroxyl groups is 3. The Morgan fingerprint density at radius 1 is 0.298 bits per heavy atom. The van der Waals surface area contributed by atoms with Gasteiger partial charge >= 0.3 is 0 Å². The van der Waals surface area contributed by atoms with Crippen LogP contribution >= 0.6 is 0 Å². The second-order valence-corrected chi connectivity index (χ2v) is 22.2. The molecular weight excluding hydrogens is 1050 g/mol. The second kappa shape index (κ2) is 72.1. The molecule has 0 fully saturated rings. The third kappa shape index (κ3) is 67.7. The Kier molecular flexibility index (Phi) is 71.0. The maximum atomic E-state index is 9.91. The molecule has 0 aromatic heterocycles. The number of hydrogen-bond donors (Lipinski definition) is 11. The van der Waals surface area contributed by atoms with E-state index in [4.69, 9.17) is 25.7 Å². The first-order valence-corrected chi connectivity index (χ1v) is 34.0. The summed E-state index contributed by atoms with van der Waals surface area (Å²) < 4.78 is 16.6. The highest BCUT2D eigenvalue weighted by Crippen LogP contribution is 2.11. The number of ether oxygens (including phenoxy) is 3. The molecule has 3 aromatic carbocycles. The molecule has 0 radical (unpaired) electrons. The summed E-state index contributed by atoms with van der Waals surface area (Å²) >= 11 is 0. The fraction of sp³-hybridized carbons (Fsp3) is 0.743. The van der Waals surface area contributed by atoms with E-state index in [0.29, 0.717) is 39.5 Å². The fourth-order valence-corrected chi connectivity index (χ4v) is 8.40. The fourth-order valence-electron chi connectivity index (χ4n) is 8.40. The zero-order chi connectivity index (χ0) is 61.5. The standard InChI is InChI=1S/C22H40N2O2.2C21H39N3O2.2C3H8/c1-2-3-4-5-11-16-23-17-12-6-7-13-18-24-19-21(25)20-26-22-14-9-8-10-15-22;2*22-14-8-1-2-9-15-23-16-10-3-4-11-17-24-18-20(25)19-26-21-12-6-5-7-13-21;2*1-3-2/h8-10,14-15,21,23-25H,2-7,11-13,16-20H2,1H3;2*5-7,12-13,20,23-25H,1-4,8-11,14-19,22H2;2*3H2,1-2H3. The molecule has 0 aliphatic carbocycles. The summed E-state index contributed by atoms with van der Waals surface area (Å²) in [5.74, 6) is 2.41. The molecule has 0 bridgehead atoms. The van der Waals surface area contributed by atoms with E-state index in [-0.39, 0.29) is 0 Å². The lowest BCUT2D eigenvalue weighted by molar-refractivity contribution is 0.106. The predicted molar refractivity (Wildman–Crippen MR) is 362 cm³/mol. The van der Waals surface area contributed by atoms with Gasteiger partial charge in [0, 0.05) is 19.6 Å². The van der Waals surface area contributed by atoms with Crippen molar-refractivity contribution in [2.75, 3.05) is 111 Å². The molecule has 0 saturated heterocycles. The highest BCUT2D eigenvalue weighted by molar-refractivity contribution is 5.22. The largest absolute Gasteiger partial charge is 0.491 e. The highest BCUT2D eigenvalue weighted by atomic mass is 16.5. The summed E-state index contributed by atoms with van der Waals surface area (Å²) in [5, 5.41) is 50.2. The molecule has 3 unspecified atom stereocenters. The van der Waals surface area contributed by atoms with Gasteiger partial charge < -0.3 is 72.9 Å². The zero-order valence-electron chi connectivity index (χ0n) is 54.7. The van der Waals surface area contributed by atoms with Gasteiger partial charge in [-0.05, 0) is 179 Å². The van der Waals surface area contributed by atoms with Gasteiger partial charge in [0.25, 0.3) is 0 Å². The van der Waals surface area contributed by atoms with E-state index in [2.05, 4.69) is 66.5 Å². The molecule has 0 aliphatic rings. The second-order valence-electron chi connectivity index (χ2n) is 22.2. The molecule has 490 valence electrons. The Labute approximate surface area is 516 Å². The van der Waals surface area contributed by atoms with Crippen molar-refractivity contribution in [2.45, 2.75) is 226 Å². The van der Waals surface area contributed by atoms with Crippen molar-refractivity contribution in [3.63, 3.8) is 0 Å². The van der Waals surface area contributed by atoms with Crippen molar-refractivity contribution in [2.24, 2.45) is 11.5 Å². The molecule has 13 N–H and O–H groups in total. The van der Waals surface area contributed by atoms with Gasteiger partial charge in [0.05, 0.1) is 0 Å². The lowest BCUT2D eigenvalue weighted by Crippen LogP contribution is -2.32. The third-order valence-corrected chi connectivity index (χ3v) is 13.1. The van der Waals surface area contributed by atoms with E-state index < -0.39 is 18.3 Å². The monoisotopic (exact) mass is 1180 g/mol. The van der Waals surface area contributed by atoms with Crippen LogP contribution < -0.4 is 57.6 Å². The average Bonchev–Trinajstić information content (AvgIpc) is 3.52. The van der Waals surface area contributed by atoms with E-state index in [9.17, 15) is 15.3 Å². The molecule has 0 heterocycles. The van der Waals surface area contributed by atoms with E-state index in [1.807, 2.05) is 91.0 Å². The van der Waals surface area contributed by atoms with E-state index in [1.165, 1.54) is 154 Å². The molecule has 14 nitrogen and oxygen atoms in total. The molecule has 3 aromatic rings. The van der Waals surface area contributed by atoms with Gasteiger partial charge in [0.1, 0.15) is 55.4 Å². The lowest BCUT2D eigenvalue weighted by atomic mass is 10.1. The summed E-state index contributed by atoms with van der Waals surface area (Å²) in [6, 6.07) is 28.8. The van der Waals surface area contributed by atoms with Gasteiger partial charge in [-0.15, -0.1) is 0 Å². The molecule has 0 spiro atoms. The number of nitrogens with two attached hydrogens (primary N) is 2. The first kappa shape index (κ1) is 82.7. The maximum Gasteiger partial charge on any atom is 0.119 e. The van der Waals surface area contributed by atoms with Crippen LogP contribution in [0.25, 0.3) is 0 Å². The normalized spacial score (nSPS) is 11.8. The smallest absolute Gasteiger partial charge is 0.119 e. The number of nitrogens with one attached hydrogen (secondary N) is 6. The molecule has 84 heavy (non-hydrogen) atoms. The van der Waals surface area contributed by atoms with Crippen molar-refractivity contribution in [1.29, 1.82) is 0 Å². The van der Waals surface area contributed by atoms with Gasteiger partial charge in [-0.2, -0.15) is 0 Å². The summed E-state index contributed by atoms with van der Waals surface area (Å²) in [7, 11) is 0. The van der Waals surface area contributed by atoms with Gasteiger partial charge in [-0.3, -0.25) is 0 Å². The van der Waals surface area contributed by atoms with Gasteiger partial charge in [-0.1, -0.05) is 192 Å². The number of hydrogen-bond acceptors (Lipinski definition) is 14. The number of unbranched alkanes of at least 4 members (excludes halogenated alkanes) is 19. The minimum atomic E-state index is -0.468. The van der Waals surface area contributed by atoms with Crippen molar-refractivity contribution in [1.82, 2.24) is 31.9 Å². The van der Waals surface area contributed by atoms with Crippen molar-refractivity contribution in [3.8, 4) is 17.2 Å². The average molecular weight is 1180 g/mol. The number of benzene rings is 3. The van der Waals surface area contributed by atoms with Crippen LogP contribution in [0.3, 0.4) is 0 Å². The first-order valence-electron chi connectivity index (χ1n) is 34.0. The summed E-state index contributed by atoms with van der Waals surface area (Å²) in [4.78, 5) is 0. The van der Waals surface area contributed by atoms with Crippen LogP contribution in [0.4, 0.5) is 0 Å². The Morgan fingerprint density at radius 3 is 0.714 bits per heavy atom. The van der Waals surface area contributed by atoms with Gasteiger partial charge in [0.2, 0.25) is 0 Å². The molecule has 0 amide bonds. The van der Waals surface area contributed by atoms with Crippen molar-refractivity contribution in [3.05, 3.63) is 91.0 Å². The molecular formula is C70H134N8O6. The Hall–Kier alpha value is -3.38. The highest BCUT2D eigenvalue weighted by Gasteiger charge is 2.07. The summed E-state index contributed by atoms with van der Waals surface area (Å²) in [6.07, 6.45) is 32.6.